The Labute approximate surface area is 127 Å². The van der Waals surface area contributed by atoms with Gasteiger partial charge in [-0.25, -0.2) is 0 Å². The molecule has 1 N–H and O–H groups in total. The van der Waals surface area contributed by atoms with Crippen LogP contribution in [0, 0.1) is 0 Å². The molecule has 0 bridgehead atoms. The fourth-order valence-corrected chi connectivity index (χ4v) is 2.76. The van der Waals surface area contributed by atoms with Crippen molar-refractivity contribution in [2.24, 2.45) is 0 Å². The minimum absolute atomic E-state index is 0.184. The summed E-state index contributed by atoms with van der Waals surface area (Å²) in [4.78, 5) is 0. The summed E-state index contributed by atoms with van der Waals surface area (Å²) in [5, 5.41) is 9.55. The number of hydrogen-bond acceptors (Lipinski definition) is 2. The van der Waals surface area contributed by atoms with Crippen LogP contribution < -0.4 is 0 Å². The average molecular weight is 301 g/mol. The van der Waals surface area contributed by atoms with Crippen LogP contribution in [0.25, 0.3) is 0 Å². The molecule has 0 saturated heterocycles. The molecule has 0 amide bonds. The van der Waals surface area contributed by atoms with E-state index in [0.717, 1.165) is 32.3 Å². The number of hydrogen-bond donors (Lipinski definition) is 1. The average Bonchev–Trinajstić information content (AvgIpc) is 2.29. The topological polar surface area (TPSA) is 29.5 Å². The van der Waals surface area contributed by atoms with Gasteiger partial charge >= 0.3 is 0 Å². The first-order valence-electron chi connectivity index (χ1n) is 8.04. The largest absolute Gasteiger partial charge is 0.417 e. The monoisotopic (exact) mass is 300 g/mol. The van der Waals surface area contributed by atoms with E-state index < -0.39 is 8.32 Å². The molecule has 0 unspecified atom stereocenters. The summed E-state index contributed by atoms with van der Waals surface area (Å²) in [5.74, 6) is 0. The Bertz CT molecular complexity index is 288. The summed E-state index contributed by atoms with van der Waals surface area (Å²) in [6, 6.07) is 0. The zero-order valence-electron chi connectivity index (χ0n) is 14.8. The van der Waals surface area contributed by atoms with E-state index in [0.29, 0.717) is 5.04 Å². The zero-order valence-corrected chi connectivity index (χ0v) is 15.8. The fourth-order valence-electron chi connectivity index (χ4n) is 1.68. The van der Waals surface area contributed by atoms with Crippen molar-refractivity contribution in [3.05, 3.63) is 11.6 Å². The predicted molar refractivity (Wildman–Crippen MR) is 91.7 cm³/mol. The maximum Gasteiger partial charge on any atom is 0.191 e. The molecule has 0 rings (SSSR count). The minimum Gasteiger partial charge on any atom is -0.417 e. The minimum atomic E-state index is -1.56. The third-order valence-electron chi connectivity index (χ3n) is 4.32. The molecule has 1 atom stereocenters. The Hall–Kier alpha value is -0.123. The number of allylic oxidation sites excluding steroid dienone is 2. The molecule has 0 radical (unpaired) electrons. The Morgan fingerprint density at radius 1 is 1.25 bits per heavy atom. The van der Waals surface area contributed by atoms with Gasteiger partial charge in [-0.3, -0.25) is 0 Å². The number of rotatable bonds is 9. The number of aliphatic hydroxyl groups is 1. The highest BCUT2D eigenvalue weighted by Crippen LogP contribution is 2.36. The molecule has 2 nitrogen and oxygen atoms in total. The van der Waals surface area contributed by atoms with Crippen LogP contribution in [0.15, 0.2) is 11.6 Å². The van der Waals surface area contributed by atoms with Gasteiger partial charge < -0.3 is 9.53 Å². The van der Waals surface area contributed by atoms with Crippen molar-refractivity contribution in [2.75, 3.05) is 6.61 Å². The SMILES string of the molecule is C/C(=C\CCCCO[Si](C)(C)C(C)(C)C)CC[C@H](C)O. The van der Waals surface area contributed by atoms with Gasteiger partial charge in [-0.2, -0.15) is 0 Å². The summed E-state index contributed by atoms with van der Waals surface area (Å²) in [5.41, 5.74) is 1.40. The maximum absolute atomic E-state index is 9.24. The maximum atomic E-state index is 9.24. The third kappa shape index (κ3) is 8.93. The molecular formula is C17H36O2Si. The van der Waals surface area contributed by atoms with Crippen molar-refractivity contribution >= 4 is 8.32 Å². The molecule has 0 saturated carbocycles. The van der Waals surface area contributed by atoms with Gasteiger partial charge in [0.2, 0.25) is 0 Å². The predicted octanol–water partition coefficient (Wildman–Crippen LogP) is 5.29. The summed E-state index contributed by atoms with van der Waals surface area (Å²) in [6.07, 6.45) is 7.49. The molecule has 0 heterocycles. The van der Waals surface area contributed by atoms with E-state index >= 15 is 0 Å². The highest BCUT2D eigenvalue weighted by Gasteiger charge is 2.36. The van der Waals surface area contributed by atoms with Crippen LogP contribution in [0.3, 0.4) is 0 Å². The van der Waals surface area contributed by atoms with E-state index in [9.17, 15) is 5.11 Å². The molecule has 3 heteroatoms. The lowest BCUT2D eigenvalue weighted by atomic mass is 10.1. The highest BCUT2D eigenvalue weighted by atomic mass is 28.4. The lowest BCUT2D eigenvalue weighted by Crippen LogP contribution is -2.40. The summed E-state index contributed by atoms with van der Waals surface area (Å²) < 4.78 is 6.17. The molecule has 20 heavy (non-hydrogen) atoms. The lowest BCUT2D eigenvalue weighted by molar-refractivity contribution is 0.185. The first-order chi connectivity index (χ1) is 9.06. The van der Waals surface area contributed by atoms with Gasteiger partial charge in [0.05, 0.1) is 6.10 Å². The van der Waals surface area contributed by atoms with E-state index in [1.54, 1.807) is 0 Å². The second kappa shape index (κ2) is 9.01. The molecule has 0 aromatic heterocycles. The van der Waals surface area contributed by atoms with Gasteiger partial charge in [0.25, 0.3) is 0 Å². The number of unbranched alkanes of at least 4 members (excludes halogenated alkanes) is 2. The number of aliphatic hydroxyl groups excluding tert-OH is 1. The summed E-state index contributed by atoms with van der Waals surface area (Å²) >= 11 is 0. The molecule has 0 aromatic carbocycles. The van der Waals surface area contributed by atoms with Crippen molar-refractivity contribution in [1.82, 2.24) is 0 Å². The molecular weight excluding hydrogens is 264 g/mol. The fraction of sp³-hybridized carbons (Fsp3) is 0.882. The molecule has 0 aliphatic rings. The first kappa shape index (κ1) is 19.9. The van der Waals surface area contributed by atoms with E-state index in [1.165, 1.54) is 12.0 Å². The normalized spacial score (nSPS) is 15.5. The van der Waals surface area contributed by atoms with E-state index in [4.69, 9.17) is 4.43 Å². The molecule has 0 aliphatic heterocycles. The van der Waals surface area contributed by atoms with E-state index in [1.807, 2.05) is 6.92 Å². The van der Waals surface area contributed by atoms with E-state index in [2.05, 4.69) is 46.9 Å². The van der Waals surface area contributed by atoms with Crippen LogP contribution in [0.4, 0.5) is 0 Å². The van der Waals surface area contributed by atoms with Gasteiger partial charge in [0.15, 0.2) is 8.32 Å². The molecule has 120 valence electrons. The van der Waals surface area contributed by atoms with Crippen LogP contribution in [-0.4, -0.2) is 26.1 Å². The van der Waals surface area contributed by atoms with Gasteiger partial charge in [-0.1, -0.05) is 32.4 Å². The molecule has 0 aliphatic carbocycles. The smallest absolute Gasteiger partial charge is 0.191 e. The third-order valence-corrected chi connectivity index (χ3v) is 8.85. The van der Waals surface area contributed by atoms with Crippen LogP contribution in [0.1, 0.15) is 66.7 Å². The van der Waals surface area contributed by atoms with Gasteiger partial charge in [-0.15, -0.1) is 0 Å². The van der Waals surface area contributed by atoms with Crippen LogP contribution in [-0.2, 0) is 4.43 Å². The van der Waals surface area contributed by atoms with Crippen molar-refractivity contribution in [3.63, 3.8) is 0 Å². The highest BCUT2D eigenvalue weighted by molar-refractivity contribution is 6.74. The van der Waals surface area contributed by atoms with Gasteiger partial charge in [-0.05, 0) is 64.1 Å². The Morgan fingerprint density at radius 3 is 2.35 bits per heavy atom. The lowest BCUT2D eigenvalue weighted by Gasteiger charge is -2.36. The summed E-state index contributed by atoms with van der Waals surface area (Å²) in [6.45, 7) is 16.4. The Morgan fingerprint density at radius 2 is 1.85 bits per heavy atom. The molecule has 0 spiro atoms. The summed E-state index contributed by atoms with van der Waals surface area (Å²) in [7, 11) is -1.56. The van der Waals surface area contributed by atoms with Crippen molar-refractivity contribution in [3.8, 4) is 0 Å². The van der Waals surface area contributed by atoms with Crippen molar-refractivity contribution in [2.45, 2.75) is 91.0 Å². The quantitative estimate of drug-likeness (QED) is 0.356. The van der Waals surface area contributed by atoms with E-state index in [-0.39, 0.29) is 6.10 Å². The standard InChI is InChI=1S/C17H36O2Si/c1-15(12-13-16(2)18)11-9-8-10-14-19-20(6,7)17(3,4)5/h11,16,18H,8-10,12-14H2,1-7H3/b15-11+/t16-/m0/s1. The zero-order chi connectivity index (χ0) is 15.8. The van der Waals surface area contributed by atoms with Crippen LogP contribution >= 0.6 is 0 Å². The molecule has 0 aromatic rings. The van der Waals surface area contributed by atoms with Crippen LogP contribution in [0.2, 0.25) is 18.1 Å². The van der Waals surface area contributed by atoms with Crippen LogP contribution in [0.5, 0.6) is 0 Å². The van der Waals surface area contributed by atoms with Gasteiger partial charge in [0, 0.05) is 6.61 Å². The first-order valence-corrected chi connectivity index (χ1v) is 10.9. The Kier molecular flexibility index (Phi) is 8.95. The second-order valence-corrected chi connectivity index (χ2v) is 12.4. The van der Waals surface area contributed by atoms with Crippen molar-refractivity contribution < 1.29 is 9.53 Å². The second-order valence-electron chi connectivity index (χ2n) is 7.54. The van der Waals surface area contributed by atoms with Gasteiger partial charge in [0.1, 0.15) is 0 Å². The molecule has 0 fully saturated rings. The van der Waals surface area contributed by atoms with Crippen molar-refractivity contribution in [1.29, 1.82) is 0 Å². The Balaban J connectivity index is 3.75.